The molecular formula is C61H110O14. The lowest BCUT2D eigenvalue weighted by Crippen LogP contribution is -2.61. The summed E-state index contributed by atoms with van der Waals surface area (Å²) in [6, 6.07) is 0. The third kappa shape index (κ3) is 34.5. The van der Waals surface area contributed by atoms with E-state index in [-0.39, 0.29) is 25.6 Å². The summed E-state index contributed by atoms with van der Waals surface area (Å²) in [5.74, 6) is -0.381. The van der Waals surface area contributed by atoms with E-state index in [1.165, 1.54) is 148 Å². The summed E-state index contributed by atoms with van der Waals surface area (Å²) >= 11 is 0. The molecule has 2 aliphatic heterocycles. The third-order valence-corrected chi connectivity index (χ3v) is 14.3. The first-order valence-electron chi connectivity index (χ1n) is 30.2. The SMILES string of the molecule is CCCCCCC/C=C\C/C=C\C/C=C\CCCCCCCCCOCC(COC1OC(COC2OC(CO)C(O)C(O)C2O)C(O)C(O)C1O)OC(=O)CCCCCCCCCCC/C=C\CCCCCCCC. The normalized spacial score (nSPS) is 24.9. The van der Waals surface area contributed by atoms with Crippen LogP contribution in [-0.2, 0) is 33.2 Å². The van der Waals surface area contributed by atoms with Gasteiger partial charge in [-0.1, -0.05) is 197 Å². The van der Waals surface area contributed by atoms with E-state index >= 15 is 0 Å². The number of rotatable bonds is 49. The van der Waals surface area contributed by atoms with Crippen LogP contribution in [0.5, 0.6) is 0 Å². The molecule has 11 unspecified atom stereocenters. The summed E-state index contributed by atoms with van der Waals surface area (Å²) < 4.78 is 34.4. The van der Waals surface area contributed by atoms with Gasteiger partial charge in [-0.05, 0) is 77.0 Å². The average molecular weight is 1070 g/mol. The molecule has 0 amide bonds. The number of carbonyl (C=O) groups is 1. The van der Waals surface area contributed by atoms with E-state index in [0.29, 0.717) is 13.0 Å². The van der Waals surface area contributed by atoms with Gasteiger partial charge in [0.2, 0.25) is 0 Å². The summed E-state index contributed by atoms with van der Waals surface area (Å²) in [4.78, 5) is 13.1. The van der Waals surface area contributed by atoms with E-state index in [0.717, 1.165) is 57.8 Å². The molecule has 2 saturated heterocycles. The van der Waals surface area contributed by atoms with Crippen LogP contribution in [0.25, 0.3) is 0 Å². The number of allylic oxidation sites excluding steroid dienone is 8. The highest BCUT2D eigenvalue weighted by Crippen LogP contribution is 2.27. The van der Waals surface area contributed by atoms with E-state index in [2.05, 4.69) is 62.5 Å². The highest BCUT2D eigenvalue weighted by molar-refractivity contribution is 5.69. The molecule has 0 aromatic heterocycles. The molecule has 0 radical (unpaired) electrons. The van der Waals surface area contributed by atoms with Crippen LogP contribution in [0.1, 0.15) is 232 Å². The molecule has 438 valence electrons. The van der Waals surface area contributed by atoms with Crippen molar-refractivity contribution >= 4 is 5.97 Å². The molecule has 2 heterocycles. The first kappa shape index (κ1) is 69.1. The second-order valence-electron chi connectivity index (χ2n) is 21.2. The zero-order valence-corrected chi connectivity index (χ0v) is 47.0. The fourth-order valence-electron chi connectivity index (χ4n) is 9.41. The number of hydrogen-bond donors (Lipinski definition) is 7. The van der Waals surface area contributed by atoms with E-state index < -0.39 is 80.7 Å². The molecule has 0 aromatic carbocycles. The maximum Gasteiger partial charge on any atom is 0.306 e. The molecule has 7 N–H and O–H groups in total. The van der Waals surface area contributed by atoms with Crippen molar-refractivity contribution in [3.63, 3.8) is 0 Å². The number of unbranched alkanes of at least 4 members (excludes halogenated alkanes) is 27. The van der Waals surface area contributed by atoms with Crippen LogP contribution in [0.3, 0.4) is 0 Å². The maximum atomic E-state index is 13.1. The van der Waals surface area contributed by atoms with Gasteiger partial charge in [-0.25, -0.2) is 0 Å². The summed E-state index contributed by atoms with van der Waals surface area (Å²) in [5.41, 5.74) is 0. The van der Waals surface area contributed by atoms with Crippen molar-refractivity contribution in [1.82, 2.24) is 0 Å². The Hall–Kier alpha value is -2.05. The Morgan fingerprint density at radius 3 is 1.31 bits per heavy atom. The van der Waals surface area contributed by atoms with Crippen LogP contribution in [-0.4, -0.2) is 142 Å². The summed E-state index contributed by atoms with van der Waals surface area (Å²) in [5, 5.41) is 72.4. The van der Waals surface area contributed by atoms with Crippen LogP contribution in [0.15, 0.2) is 48.6 Å². The van der Waals surface area contributed by atoms with Gasteiger partial charge in [-0.15, -0.1) is 0 Å². The molecular weight excluding hydrogens is 957 g/mol. The Morgan fingerprint density at radius 2 is 0.827 bits per heavy atom. The number of aliphatic hydroxyl groups is 7. The van der Waals surface area contributed by atoms with Gasteiger partial charge >= 0.3 is 5.97 Å². The van der Waals surface area contributed by atoms with Gasteiger partial charge in [0.1, 0.15) is 54.9 Å². The summed E-state index contributed by atoms with van der Waals surface area (Å²) in [6.45, 7) is 3.67. The molecule has 0 saturated carbocycles. The first-order chi connectivity index (χ1) is 36.6. The topological polar surface area (TPSA) is 214 Å². The van der Waals surface area contributed by atoms with Crippen molar-refractivity contribution < 1.29 is 69.0 Å². The molecule has 0 aromatic rings. The van der Waals surface area contributed by atoms with E-state index in [1.54, 1.807) is 0 Å². The van der Waals surface area contributed by atoms with Gasteiger partial charge in [-0.2, -0.15) is 0 Å². The number of esters is 1. The second kappa shape index (κ2) is 47.9. The monoisotopic (exact) mass is 1070 g/mol. The quantitative estimate of drug-likeness (QED) is 0.0172. The molecule has 2 rings (SSSR count). The standard InChI is InChI=1S/C61H110O14/c1-3-5-7-9-11-13-15-17-19-21-23-24-25-27-29-31-33-35-37-39-41-43-45-70-47-50(73-53(63)44-42-40-38-36-34-32-30-28-26-22-20-18-16-14-12-10-8-6-4-2)48-71-60-59(69)57(67)55(65)52(75-60)49-72-61-58(68)56(66)54(64)51(46-62)74-61/h15,17-18,20-21,23,25,27,50-52,54-62,64-69H,3-14,16,19,22,24,26,28-49H2,1-2H3/b17-15-,20-18-,23-21-,27-25-. The van der Waals surface area contributed by atoms with Crippen molar-refractivity contribution in [2.24, 2.45) is 0 Å². The highest BCUT2D eigenvalue weighted by Gasteiger charge is 2.47. The van der Waals surface area contributed by atoms with Crippen molar-refractivity contribution in [2.45, 2.75) is 300 Å². The third-order valence-electron chi connectivity index (χ3n) is 14.3. The molecule has 0 spiro atoms. The van der Waals surface area contributed by atoms with Crippen LogP contribution >= 0.6 is 0 Å². The van der Waals surface area contributed by atoms with Crippen molar-refractivity contribution in [3.8, 4) is 0 Å². The molecule has 0 aliphatic carbocycles. The van der Waals surface area contributed by atoms with Gasteiger partial charge in [0.15, 0.2) is 12.6 Å². The van der Waals surface area contributed by atoms with Crippen molar-refractivity contribution in [3.05, 3.63) is 48.6 Å². The minimum Gasteiger partial charge on any atom is -0.457 e. The van der Waals surface area contributed by atoms with E-state index in [4.69, 9.17) is 28.4 Å². The Bertz CT molecular complexity index is 1420. The minimum absolute atomic E-state index is 0.0540. The van der Waals surface area contributed by atoms with E-state index in [1.807, 2.05) is 0 Å². The summed E-state index contributed by atoms with van der Waals surface area (Å²) in [7, 11) is 0. The second-order valence-corrected chi connectivity index (χ2v) is 21.2. The van der Waals surface area contributed by atoms with Crippen LogP contribution in [0, 0.1) is 0 Å². The van der Waals surface area contributed by atoms with Crippen molar-refractivity contribution in [2.75, 3.05) is 33.0 Å². The largest absolute Gasteiger partial charge is 0.457 e. The molecule has 2 aliphatic rings. The van der Waals surface area contributed by atoms with Gasteiger partial charge in [-0.3, -0.25) is 4.79 Å². The molecule has 14 nitrogen and oxygen atoms in total. The van der Waals surface area contributed by atoms with Crippen LogP contribution < -0.4 is 0 Å². The summed E-state index contributed by atoms with van der Waals surface area (Å²) in [6.07, 6.45) is 41.6. The van der Waals surface area contributed by atoms with Gasteiger partial charge in [0.05, 0.1) is 26.4 Å². The van der Waals surface area contributed by atoms with Gasteiger partial charge in [0, 0.05) is 13.0 Å². The fraction of sp³-hybridized carbons (Fsp3) is 0.852. The van der Waals surface area contributed by atoms with Crippen LogP contribution in [0.2, 0.25) is 0 Å². The first-order valence-corrected chi connectivity index (χ1v) is 30.2. The lowest BCUT2D eigenvalue weighted by Gasteiger charge is -2.42. The Kier molecular flexibility index (Phi) is 44.1. The van der Waals surface area contributed by atoms with Gasteiger partial charge < -0.3 is 64.2 Å². The Labute approximate surface area is 454 Å². The van der Waals surface area contributed by atoms with Crippen molar-refractivity contribution in [1.29, 1.82) is 0 Å². The van der Waals surface area contributed by atoms with Gasteiger partial charge in [0.25, 0.3) is 0 Å². The fourth-order valence-corrected chi connectivity index (χ4v) is 9.41. The smallest absolute Gasteiger partial charge is 0.306 e. The highest BCUT2D eigenvalue weighted by atomic mass is 16.7. The minimum atomic E-state index is -1.71. The van der Waals surface area contributed by atoms with E-state index in [9.17, 15) is 40.5 Å². The number of carbonyl (C=O) groups excluding carboxylic acids is 1. The van der Waals surface area contributed by atoms with Crippen LogP contribution in [0.4, 0.5) is 0 Å². The molecule has 0 bridgehead atoms. The predicted octanol–water partition coefficient (Wildman–Crippen LogP) is 11.1. The number of ether oxygens (including phenoxy) is 6. The number of aliphatic hydroxyl groups excluding tert-OH is 7. The molecule has 11 atom stereocenters. The zero-order valence-electron chi connectivity index (χ0n) is 47.0. The lowest BCUT2D eigenvalue weighted by atomic mass is 9.98. The lowest BCUT2D eigenvalue weighted by molar-refractivity contribution is -0.332. The molecule has 14 heteroatoms. The maximum absolute atomic E-state index is 13.1. The number of hydrogen-bond acceptors (Lipinski definition) is 14. The molecule has 2 fully saturated rings. The Morgan fingerprint density at radius 1 is 0.440 bits per heavy atom. The molecule has 75 heavy (non-hydrogen) atoms. The Balaban J connectivity index is 1.71. The zero-order chi connectivity index (χ0) is 54.4. The predicted molar refractivity (Wildman–Crippen MR) is 298 cm³/mol. The average Bonchev–Trinajstić information content (AvgIpc) is 3.41.